The number of phenols is 1. The van der Waals surface area contributed by atoms with Gasteiger partial charge in [-0.05, 0) is 49.4 Å². The van der Waals surface area contributed by atoms with Gasteiger partial charge < -0.3 is 14.6 Å². The molecule has 2 aromatic heterocycles. The normalized spacial score (nSPS) is 15.3. The SMILES string of the molecule is CC(=O)N1CCC(Cn2cnc3cc(-c4c(C)cc(Cl)cc4O)nnc32)CC1. The maximum atomic E-state index is 11.5. The van der Waals surface area contributed by atoms with E-state index in [4.69, 9.17) is 11.6 Å². The van der Waals surface area contributed by atoms with E-state index in [1.165, 1.54) is 6.07 Å². The minimum atomic E-state index is 0.0790. The number of likely N-dealkylation sites (tertiary alicyclic amines) is 1. The molecule has 0 bridgehead atoms. The molecule has 0 spiro atoms. The lowest BCUT2D eigenvalue weighted by atomic mass is 9.97. The minimum absolute atomic E-state index is 0.0790. The third-order valence-electron chi connectivity index (χ3n) is 5.41. The van der Waals surface area contributed by atoms with E-state index in [2.05, 4.69) is 15.2 Å². The van der Waals surface area contributed by atoms with Gasteiger partial charge in [-0.2, -0.15) is 0 Å². The fraction of sp³-hybridized carbons (Fsp3) is 0.400. The average Bonchev–Trinajstić information content (AvgIpc) is 3.03. The molecule has 28 heavy (non-hydrogen) atoms. The fourth-order valence-corrected chi connectivity index (χ4v) is 4.15. The van der Waals surface area contributed by atoms with Crippen LogP contribution >= 0.6 is 11.6 Å². The number of fused-ring (bicyclic) bond motifs is 1. The summed E-state index contributed by atoms with van der Waals surface area (Å²) in [6.07, 6.45) is 3.74. The van der Waals surface area contributed by atoms with Crippen LogP contribution < -0.4 is 0 Å². The van der Waals surface area contributed by atoms with Crippen LogP contribution in [0.3, 0.4) is 0 Å². The number of piperidine rings is 1. The molecule has 146 valence electrons. The number of aryl methyl sites for hydroxylation is 1. The van der Waals surface area contributed by atoms with Crippen molar-refractivity contribution in [3.05, 3.63) is 35.1 Å². The molecule has 0 saturated carbocycles. The molecule has 1 aliphatic heterocycles. The maximum Gasteiger partial charge on any atom is 0.219 e. The summed E-state index contributed by atoms with van der Waals surface area (Å²) >= 11 is 5.99. The number of benzene rings is 1. The Bertz CT molecular complexity index is 1020. The molecular formula is C20H22ClN5O2. The highest BCUT2D eigenvalue weighted by Gasteiger charge is 2.22. The molecule has 4 rings (SSSR count). The average molecular weight is 400 g/mol. The summed E-state index contributed by atoms with van der Waals surface area (Å²) in [4.78, 5) is 17.9. The molecule has 0 unspecified atom stereocenters. The van der Waals surface area contributed by atoms with Gasteiger partial charge in [0.1, 0.15) is 11.3 Å². The second kappa shape index (κ2) is 7.39. The van der Waals surface area contributed by atoms with Crippen LogP contribution in [-0.2, 0) is 11.3 Å². The lowest BCUT2D eigenvalue weighted by Gasteiger charge is -2.31. The van der Waals surface area contributed by atoms with Crippen molar-refractivity contribution in [3.8, 4) is 17.0 Å². The van der Waals surface area contributed by atoms with Crippen LogP contribution in [0.1, 0.15) is 25.3 Å². The molecule has 0 atom stereocenters. The summed E-state index contributed by atoms with van der Waals surface area (Å²) < 4.78 is 2.02. The molecule has 7 nitrogen and oxygen atoms in total. The third kappa shape index (κ3) is 3.54. The smallest absolute Gasteiger partial charge is 0.219 e. The Morgan fingerprint density at radius 2 is 2.00 bits per heavy atom. The Balaban J connectivity index is 1.57. The number of imidazole rings is 1. The van der Waals surface area contributed by atoms with Crippen LogP contribution in [0, 0.1) is 12.8 Å². The summed E-state index contributed by atoms with van der Waals surface area (Å²) in [5, 5.41) is 19.4. The standard InChI is InChI=1S/C20H22ClN5O2/c1-12-7-15(21)8-18(28)19(12)16-9-17-20(24-23-16)26(11-22-17)10-14-3-5-25(6-4-14)13(2)27/h7-9,11,14,28H,3-6,10H2,1-2H3. The fourth-order valence-electron chi connectivity index (χ4n) is 3.88. The molecule has 0 aliphatic carbocycles. The summed E-state index contributed by atoms with van der Waals surface area (Å²) in [6.45, 7) is 5.91. The van der Waals surface area contributed by atoms with Crippen LogP contribution in [0.4, 0.5) is 0 Å². The Morgan fingerprint density at radius 1 is 1.25 bits per heavy atom. The molecular weight excluding hydrogens is 378 g/mol. The summed E-state index contributed by atoms with van der Waals surface area (Å²) in [6, 6.07) is 5.13. The number of nitrogens with zero attached hydrogens (tertiary/aromatic N) is 5. The van der Waals surface area contributed by atoms with Crippen molar-refractivity contribution < 1.29 is 9.90 Å². The van der Waals surface area contributed by atoms with Gasteiger partial charge in [0, 0.05) is 37.1 Å². The maximum absolute atomic E-state index is 11.5. The number of aromatic hydroxyl groups is 1. The van der Waals surface area contributed by atoms with E-state index in [9.17, 15) is 9.90 Å². The second-order valence-corrected chi connectivity index (χ2v) is 7.84. The van der Waals surface area contributed by atoms with Crippen molar-refractivity contribution in [1.82, 2.24) is 24.6 Å². The number of aromatic nitrogens is 4. The molecule has 3 heterocycles. The zero-order valence-corrected chi connectivity index (χ0v) is 16.6. The van der Waals surface area contributed by atoms with Crippen LogP contribution in [0.2, 0.25) is 5.02 Å². The van der Waals surface area contributed by atoms with Gasteiger partial charge >= 0.3 is 0 Å². The van der Waals surface area contributed by atoms with Gasteiger partial charge in [-0.25, -0.2) is 4.98 Å². The van der Waals surface area contributed by atoms with E-state index < -0.39 is 0 Å². The highest BCUT2D eigenvalue weighted by molar-refractivity contribution is 6.31. The lowest BCUT2D eigenvalue weighted by Crippen LogP contribution is -2.37. The van der Waals surface area contributed by atoms with Crippen LogP contribution in [0.15, 0.2) is 24.5 Å². The Labute approximate surface area is 168 Å². The number of carbonyl (C=O) groups excluding carboxylic acids is 1. The molecule has 3 aromatic rings. The Kier molecular flexibility index (Phi) is 4.93. The number of hydrogen-bond donors (Lipinski definition) is 1. The van der Waals surface area contributed by atoms with Crippen LogP contribution in [-0.4, -0.2) is 48.8 Å². The third-order valence-corrected chi connectivity index (χ3v) is 5.63. The zero-order chi connectivity index (χ0) is 19.8. The number of carbonyl (C=O) groups is 1. The van der Waals surface area contributed by atoms with E-state index in [0.29, 0.717) is 22.2 Å². The number of hydrogen-bond acceptors (Lipinski definition) is 5. The molecule has 1 N–H and O–H groups in total. The highest BCUT2D eigenvalue weighted by atomic mass is 35.5. The van der Waals surface area contributed by atoms with Gasteiger partial charge in [0.2, 0.25) is 5.91 Å². The van der Waals surface area contributed by atoms with Gasteiger partial charge in [-0.3, -0.25) is 4.79 Å². The Hall–Kier alpha value is -2.67. The largest absolute Gasteiger partial charge is 0.507 e. The predicted molar refractivity (Wildman–Crippen MR) is 107 cm³/mol. The molecule has 1 fully saturated rings. The highest BCUT2D eigenvalue weighted by Crippen LogP contribution is 2.34. The first-order valence-electron chi connectivity index (χ1n) is 9.36. The first-order valence-corrected chi connectivity index (χ1v) is 9.73. The van der Waals surface area contributed by atoms with Crippen molar-refractivity contribution in [2.24, 2.45) is 5.92 Å². The van der Waals surface area contributed by atoms with Gasteiger partial charge in [-0.15, -0.1) is 10.2 Å². The molecule has 8 heteroatoms. The first kappa shape index (κ1) is 18.7. The topological polar surface area (TPSA) is 84.1 Å². The van der Waals surface area contributed by atoms with Crippen molar-refractivity contribution in [1.29, 1.82) is 0 Å². The van der Waals surface area contributed by atoms with E-state index >= 15 is 0 Å². The monoisotopic (exact) mass is 399 g/mol. The first-order chi connectivity index (χ1) is 13.4. The van der Waals surface area contributed by atoms with Crippen molar-refractivity contribution in [2.75, 3.05) is 13.1 Å². The number of halogens is 1. The molecule has 0 radical (unpaired) electrons. The molecule has 1 aliphatic rings. The second-order valence-electron chi connectivity index (χ2n) is 7.40. The van der Waals surface area contributed by atoms with E-state index in [0.717, 1.165) is 49.2 Å². The van der Waals surface area contributed by atoms with Crippen LogP contribution in [0.5, 0.6) is 5.75 Å². The zero-order valence-electron chi connectivity index (χ0n) is 15.9. The number of amides is 1. The van der Waals surface area contributed by atoms with E-state index in [-0.39, 0.29) is 11.7 Å². The van der Waals surface area contributed by atoms with Gasteiger partial charge in [-0.1, -0.05) is 11.6 Å². The van der Waals surface area contributed by atoms with Crippen molar-refractivity contribution >= 4 is 28.7 Å². The number of phenolic OH excluding ortho intramolecular Hbond substituents is 1. The van der Waals surface area contributed by atoms with Crippen molar-refractivity contribution in [2.45, 2.75) is 33.2 Å². The molecule has 1 aromatic carbocycles. The van der Waals surface area contributed by atoms with E-state index in [1.807, 2.05) is 22.5 Å². The van der Waals surface area contributed by atoms with Gasteiger partial charge in [0.15, 0.2) is 5.65 Å². The summed E-state index contributed by atoms with van der Waals surface area (Å²) in [5.74, 6) is 0.706. The molecule has 1 amide bonds. The van der Waals surface area contributed by atoms with Gasteiger partial charge in [0.25, 0.3) is 0 Å². The van der Waals surface area contributed by atoms with Crippen LogP contribution in [0.25, 0.3) is 22.4 Å². The van der Waals surface area contributed by atoms with Crippen molar-refractivity contribution in [3.63, 3.8) is 0 Å². The summed E-state index contributed by atoms with van der Waals surface area (Å²) in [7, 11) is 0. The predicted octanol–water partition coefficient (Wildman–Crippen LogP) is 3.42. The minimum Gasteiger partial charge on any atom is -0.507 e. The van der Waals surface area contributed by atoms with Gasteiger partial charge in [0.05, 0.1) is 12.0 Å². The van der Waals surface area contributed by atoms with E-state index in [1.54, 1.807) is 19.3 Å². The lowest BCUT2D eigenvalue weighted by molar-refractivity contribution is -0.130. The quantitative estimate of drug-likeness (QED) is 0.729. The number of rotatable bonds is 3. The Morgan fingerprint density at radius 3 is 2.68 bits per heavy atom. The summed E-state index contributed by atoms with van der Waals surface area (Å²) in [5.41, 5.74) is 3.48. The molecule has 1 saturated heterocycles.